The van der Waals surface area contributed by atoms with E-state index >= 15 is 0 Å². The van der Waals surface area contributed by atoms with Crippen molar-refractivity contribution in [1.82, 2.24) is 5.43 Å². The molecule has 3 aromatic carbocycles. The van der Waals surface area contributed by atoms with Crippen LogP contribution in [-0.4, -0.2) is 28.9 Å². The third-order valence-electron chi connectivity index (χ3n) is 4.96. The number of carbonyl (C=O) groups is 1. The van der Waals surface area contributed by atoms with Crippen LogP contribution in [0.2, 0.25) is 0 Å². The Hall–Kier alpha value is -4.20. The van der Waals surface area contributed by atoms with E-state index in [0.29, 0.717) is 40.4 Å². The van der Waals surface area contributed by atoms with Gasteiger partial charge in [0.15, 0.2) is 0 Å². The van der Waals surface area contributed by atoms with Gasteiger partial charge in [-0.25, -0.2) is 5.43 Å². The molecule has 0 radical (unpaired) electrons. The molecule has 0 fully saturated rings. The number of carbonyl (C=O) groups excluding carboxylic acids is 1. The van der Waals surface area contributed by atoms with E-state index in [2.05, 4.69) is 10.5 Å². The molecular formula is C23H21N3O5. The maximum atomic E-state index is 12.5. The number of hydrazone groups is 1. The predicted molar refractivity (Wildman–Crippen MR) is 116 cm³/mol. The van der Waals surface area contributed by atoms with Crippen LogP contribution >= 0.6 is 0 Å². The Morgan fingerprint density at radius 3 is 2.52 bits per heavy atom. The highest BCUT2D eigenvalue weighted by molar-refractivity contribution is 6.07. The largest absolute Gasteiger partial charge is 0.508 e. The van der Waals surface area contributed by atoms with Crippen LogP contribution in [0.5, 0.6) is 23.0 Å². The molecule has 0 spiro atoms. The molecule has 8 nitrogen and oxygen atoms in total. The zero-order valence-corrected chi connectivity index (χ0v) is 16.7. The van der Waals surface area contributed by atoms with Crippen LogP contribution in [0.3, 0.4) is 0 Å². The summed E-state index contributed by atoms with van der Waals surface area (Å²) in [7, 11) is 1.49. The Morgan fingerprint density at radius 2 is 1.84 bits per heavy atom. The van der Waals surface area contributed by atoms with E-state index in [1.807, 2.05) is 0 Å². The first-order valence-electron chi connectivity index (χ1n) is 9.54. The summed E-state index contributed by atoms with van der Waals surface area (Å²) in [6, 6.07) is 16.2. The van der Waals surface area contributed by atoms with Crippen molar-refractivity contribution in [3.63, 3.8) is 0 Å². The summed E-state index contributed by atoms with van der Waals surface area (Å²) in [6.45, 7) is 0. The van der Waals surface area contributed by atoms with Gasteiger partial charge in [0.1, 0.15) is 29.1 Å². The second-order valence-corrected chi connectivity index (χ2v) is 7.04. The van der Waals surface area contributed by atoms with Gasteiger partial charge in [0.25, 0.3) is 5.91 Å². The number of methoxy groups -OCH3 is 1. The maximum absolute atomic E-state index is 12.5. The fourth-order valence-electron chi connectivity index (χ4n) is 3.34. The van der Waals surface area contributed by atoms with E-state index in [9.17, 15) is 15.0 Å². The molecule has 31 heavy (non-hydrogen) atoms. The number of rotatable bonds is 4. The van der Waals surface area contributed by atoms with Crippen molar-refractivity contribution in [1.29, 1.82) is 0 Å². The normalized spacial score (nSPS) is 16.3. The number of phenols is 2. The minimum atomic E-state index is -0.438. The van der Waals surface area contributed by atoms with E-state index < -0.39 is 12.0 Å². The van der Waals surface area contributed by atoms with Crippen LogP contribution in [0.1, 0.15) is 34.0 Å². The van der Waals surface area contributed by atoms with Crippen molar-refractivity contribution >= 4 is 17.3 Å². The molecule has 0 aromatic heterocycles. The molecule has 1 amide bonds. The highest BCUT2D eigenvalue weighted by Gasteiger charge is 2.30. The van der Waals surface area contributed by atoms with Crippen LogP contribution in [0.25, 0.3) is 0 Å². The molecule has 1 aliphatic rings. The highest BCUT2D eigenvalue weighted by Crippen LogP contribution is 2.42. The number of anilines is 1. The van der Waals surface area contributed by atoms with E-state index in [4.69, 9.17) is 15.2 Å². The summed E-state index contributed by atoms with van der Waals surface area (Å²) in [6.07, 6.45) is -0.147. The van der Waals surface area contributed by atoms with Crippen molar-refractivity contribution in [2.24, 2.45) is 5.10 Å². The number of nitrogens with two attached hydrogens (primary N) is 1. The van der Waals surface area contributed by atoms with Crippen LogP contribution < -0.4 is 20.6 Å². The van der Waals surface area contributed by atoms with Crippen molar-refractivity contribution in [2.45, 2.75) is 12.5 Å². The first-order valence-corrected chi connectivity index (χ1v) is 9.54. The Morgan fingerprint density at radius 1 is 1.13 bits per heavy atom. The Bertz CT molecular complexity index is 1140. The lowest BCUT2D eigenvalue weighted by molar-refractivity contribution is 0.0954. The molecule has 1 atom stereocenters. The number of nitrogen functional groups attached to an aromatic ring is 1. The first kappa shape index (κ1) is 20.1. The van der Waals surface area contributed by atoms with E-state index in [1.165, 1.54) is 13.2 Å². The SMILES string of the molecule is COc1cc(O)c2c(c1)O[C@H](c1ccc(O)cc1)C/C2=N\NC(=O)c1ccc(N)cc1. The second-order valence-electron chi connectivity index (χ2n) is 7.04. The fourth-order valence-corrected chi connectivity index (χ4v) is 3.34. The zero-order valence-electron chi connectivity index (χ0n) is 16.7. The van der Waals surface area contributed by atoms with Gasteiger partial charge in [0.05, 0.1) is 18.4 Å². The summed E-state index contributed by atoms with van der Waals surface area (Å²) >= 11 is 0. The molecule has 8 heteroatoms. The minimum absolute atomic E-state index is 0.0704. The molecular weight excluding hydrogens is 398 g/mol. The van der Waals surface area contributed by atoms with Gasteiger partial charge in [0, 0.05) is 29.8 Å². The molecule has 158 valence electrons. The fraction of sp³-hybridized carbons (Fsp3) is 0.130. The van der Waals surface area contributed by atoms with Gasteiger partial charge in [0.2, 0.25) is 0 Å². The molecule has 5 N–H and O–H groups in total. The van der Waals surface area contributed by atoms with Gasteiger partial charge < -0.3 is 25.4 Å². The van der Waals surface area contributed by atoms with Gasteiger partial charge >= 0.3 is 0 Å². The topological polar surface area (TPSA) is 126 Å². The summed E-state index contributed by atoms with van der Waals surface area (Å²) in [4.78, 5) is 12.5. The Balaban J connectivity index is 1.69. The minimum Gasteiger partial charge on any atom is -0.508 e. The monoisotopic (exact) mass is 419 g/mol. The van der Waals surface area contributed by atoms with Gasteiger partial charge in [-0.15, -0.1) is 0 Å². The van der Waals surface area contributed by atoms with Gasteiger partial charge in [-0.05, 0) is 42.0 Å². The number of phenolic OH excluding ortho intramolecular Hbond substituents is 2. The molecule has 3 aromatic rings. The predicted octanol–water partition coefficient (Wildman–Crippen LogP) is 3.35. The molecule has 0 saturated heterocycles. The van der Waals surface area contributed by atoms with E-state index in [1.54, 1.807) is 54.6 Å². The van der Waals surface area contributed by atoms with Crippen molar-refractivity contribution in [3.05, 3.63) is 77.4 Å². The zero-order chi connectivity index (χ0) is 22.0. The molecule has 1 aliphatic heterocycles. The number of benzene rings is 3. The molecule has 0 bridgehead atoms. The molecule has 0 saturated carbocycles. The lowest BCUT2D eigenvalue weighted by atomic mass is 9.94. The summed E-state index contributed by atoms with van der Waals surface area (Å²) in [5.74, 6) is 0.465. The lowest BCUT2D eigenvalue weighted by Gasteiger charge is -2.28. The number of aromatic hydroxyl groups is 2. The smallest absolute Gasteiger partial charge is 0.271 e. The number of amides is 1. The second kappa shape index (κ2) is 8.27. The number of hydrogen-bond donors (Lipinski definition) is 4. The van der Waals surface area contributed by atoms with Gasteiger partial charge in [-0.3, -0.25) is 4.79 Å². The highest BCUT2D eigenvalue weighted by atomic mass is 16.5. The third-order valence-corrected chi connectivity index (χ3v) is 4.96. The number of fused-ring (bicyclic) bond motifs is 1. The number of nitrogens with one attached hydrogen (secondary N) is 1. The van der Waals surface area contributed by atoms with Gasteiger partial charge in [-0.2, -0.15) is 5.10 Å². The van der Waals surface area contributed by atoms with Crippen LogP contribution in [0, 0.1) is 0 Å². The lowest BCUT2D eigenvalue weighted by Crippen LogP contribution is -2.25. The first-order chi connectivity index (χ1) is 14.9. The van der Waals surface area contributed by atoms with Crippen molar-refractivity contribution in [2.75, 3.05) is 12.8 Å². The number of hydrogen-bond acceptors (Lipinski definition) is 7. The number of nitrogens with zero attached hydrogens (tertiary/aromatic N) is 1. The summed E-state index contributed by atoms with van der Waals surface area (Å²) in [5.41, 5.74) is 10.8. The average molecular weight is 419 g/mol. The standard InChI is InChI=1S/C23H21N3O5/c1-30-17-10-19(28)22-18(25-26-23(29)14-2-6-15(24)7-3-14)12-20(31-21(22)11-17)13-4-8-16(27)9-5-13/h2-11,20,27-28H,12,24H2,1H3,(H,26,29)/b25-18+/t20-/m0/s1. The molecule has 0 unspecified atom stereocenters. The quantitative estimate of drug-likeness (QED) is 0.379. The average Bonchev–Trinajstić information content (AvgIpc) is 2.77. The summed E-state index contributed by atoms with van der Waals surface area (Å²) < 4.78 is 11.3. The Labute approximate surface area is 178 Å². The van der Waals surface area contributed by atoms with Crippen molar-refractivity contribution in [3.8, 4) is 23.0 Å². The Kier molecular flexibility index (Phi) is 5.36. The number of ether oxygens (including phenoxy) is 2. The van der Waals surface area contributed by atoms with Crippen LogP contribution in [0.15, 0.2) is 65.8 Å². The van der Waals surface area contributed by atoms with Gasteiger partial charge in [-0.1, -0.05) is 12.1 Å². The van der Waals surface area contributed by atoms with E-state index in [-0.39, 0.29) is 11.5 Å². The van der Waals surface area contributed by atoms with Crippen LogP contribution in [0.4, 0.5) is 5.69 Å². The molecule has 0 aliphatic carbocycles. The van der Waals surface area contributed by atoms with Crippen molar-refractivity contribution < 1.29 is 24.5 Å². The van der Waals surface area contributed by atoms with Crippen LogP contribution in [-0.2, 0) is 0 Å². The summed E-state index contributed by atoms with van der Waals surface area (Å²) in [5, 5.41) is 24.4. The van der Waals surface area contributed by atoms with E-state index in [0.717, 1.165) is 5.56 Å². The molecule has 4 rings (SSSR count). The maximum Gasteiger partial charge on any atom is 0.271 e. The third kappa shape index (κ3) is 4.23. The molecule has 1 heterocycles.